The minimum absolute atomic E-state index is 0.177. The summed E-state index contributed by atoms with van der Waals surface area (Å²) in [5.74, 6) is 0.829. The van der Waals surface area contributed by atoms with E-state index in [0.717, 1.165) is 47.9 Å². The quantitative estimate of drug-likeness (QED) is 0.599. The Morgan fingerprint density at radius 3 is 2.97 bits per heavy atom. The van der Waals surface area contributed by atoms with Crippen LogP contribution in [0.2, 0.25) is 0 Å². The molecular weight excluding hydrogens is 396 g/mol. The van der Waals surface area contributed by atoms with Gasteiger partial charge in [0.15, 0.2) is 0 Å². The van der Waals surface area contributed by atoms with E-state index in [1.54, 1.807) is 11.3 Å². The highest BCUT2D eigenvalue weighted by Gasteiger charge is 2.31. The minimum Gasteiger partial charge on any atom is -0.444 e. The fourth-order valence-corrected chi connectivity index (χ4v) is 4.89. The Balaban J connectivity index is 1.49. The average molecular weight is 423 g/mol. The second kappa shape index (κ2) is 8.11. The third-order valence-corrected chi connectivity index (χ3v) is 6.25. The lowest BCUT2D eigenvalue weighted by Crippen LogP contribution is -2.40. The van der Waals surface area contributed by atoms with Crippen LogP contribution in [0.5, 0.6) is 0 Å². The van der Waals surface area contributed by atoms with Crippen LogP contribution in [0.25, 0.3) is 21.0 Å². The molecule has 6 nitrogen and oxygen atoms in total. The number of hydrogen-bond acceptors (Lipinski definition) is 6. The van der Waals surface area contributed by atoms with E-state index in [-0.39, 0.29) is 12.1 Å². The summed E-state index contributed by atoms with van der Waals surface area (Å²) < 4.78 is 6.73. The van der Waals surface area contributed by atoms with E-state index in [0.29, 0.717) is 12.1 Å². The van der Waals surface area contributed by atoms with Crippen LogP contribution in [-0.4, -0.2) is 40.7 Å². The van der Waals surface area contributed by atoms with Crippen LogP contribution < -0.4 is 5.32 Å². The first kappa shape index (κ1) is 20.4. The minimum atomic E-state index is -0.482. The molecule has 1 fully saturated rings. The lowest BCUT2D eigenvalue weighted by molar-refractivity contribution is 0.0223. The number of ether oxygens (including phenoxy) is 1. The molecule has 4 rings (SSSR count). The van der Waals surface area contributed by atoms with Crippen molar-refractivity contribution >= 4 is 44.2 Å². The zero-order valence-corrected chi connectivity index (χ0v) is 18.4. The molecule has 0 aliphatic carbocycles. The third-order valence-electron chi connectivity index (χ3n) is 5.30. The smallest absolute Gasteiger partial charge is 0.410 e. The maximum absolute atomic E-state index is 12.5. The molecule has 0 bridgehead atoms. The Kier molecular flexibility index (Phi) is 5.52. The van der Waals surface area contributed by atoms with Gasteiger partial charge in [-0.2, -0.15) is 5.26 Å². The normalized spacial score (nSPS) is 16.7. The van der Waals surface area contributed by atoms with Crippen molar-refractivity contribution in [2.45, 2.75) is 51.7 Å². The van der Waals surface area contributed by atoms with Crippen molar-refractivity contribution in [1.29, 1.82) is 5.26 Å². The summed E-state index contributed by atoms with van der Waals surface area (Å²) in [5, 5.41) is 16.9. The molecule has 2 aromatic heterocycles. The summed E-state index contributed by atoms with van der Waals surface area (Å²) in [7, 11) is 0. The standard InChI is InChI=1S/C23H26N4O2S/c1-23(2,3)29-22(28)27-11-4-5-16(27)8-10-25-21-18-9-12-30-20(18)17-7-6-15(14-24)13-19(17)26-21/h6-7,9,12-13,16H,4-5,8,10-11H2,1-3H3,(H,25,26). The fraction of sp³-hybridized carbons (Fsp3) is 0.435. The summed E-state index contributed by atoms with van der Waals surface area (Å²) in [5.41, 5.74) is 0.947. The topological polar surface area (TPSA) is 78.2 Å². The average Bonchev–Trinajstić information content (AvgIpc) is 3.36. The number of anilines is 1. The van der Waals surface area contributed by atoms with Gasteiger partial charge in [-0.3, -0.25) is 0 Å². The molecule has 1 aliphatic rings. The molecular formula is C23H26N4O2S. The number of likely N-dealkylation sites (tertiary alicyclic amines) is 1. The van der Waals surface area contributed by atoms with Crippen molar-refractivity contribution in [1.82, 2.24) is 9.88 Å². The first-order valence-electron chi connectivity index (χ1n) is 10.3. The predicted molar refractivity (Wildman–Crippen MR) is 121 cm³/mol. The number of carbonyl (C=O) groups is 1. The van der Waals surface area contributed by atoms with Gasteiger partial charge in [-0.15, -0.1) is 11.3 Å². The van der Waals surface area contributed by atoms with Gasteiger partial charge in [0.2, 0.25) is 0 Å². The molecule has 1 aliphatic heterocycles. The number of aromatic nitrogens is 1. The third kappa shape index (κ3) is 4.19. The van der Waals surface area contributed by atoms with Crippen molar-refractivity contribution in [3.05, 3.63) is 35.2 Å². The van der Waals surface area contributed by atoms with Crippen LogP contribution in [0.4, 0.5) is 10.6 Å². The molecule has 1 amide bonds. The lowest BCUT2D eigenvalue weighted by atomic mass is 10.1. The molecule has 3 aromatic rings. The van der Waals surface area contributed by atoms with Crippen molar-refractivity contribution in [2.24, 2.45) is 0 Å². The first-order valence-corrected chi connectivity index (χ1v) is 11.2. The number of nitriles is 1. The van der Waals surface area contributed by atoms with Crippen LogP contribution in [0.15, 0.2) is 29.6 Å². The Hall–Kier alpha value is -2.85. The van der Waals surface area contributed by atoms with E-state index in [4.69, 9.17) is 9.72 Å². The molecule has 0 spiro atoms. The van der Waals surface area contributed by atoms with E-state index in [2.05, 4.69) is 22.8 Å². The monoisotopic (exact) mass is 422 g/mol. The van der Waals surface area contributed by atoms with Crippen LogP contribution in [0.3, 0.4) is 0 Å². The zero-order valence-electron chi connectivity index (χ0n) is 17.6. The maximum Gasteiger partial charge on any atom is 0.410 e. The van der Waals surface area contributed by atoms with Crippen LogP contribution in [0.1, 0.15) is 45.6 Å². The Bertz CT molecular complexity index is 1130. The molecule has 1 saturated heterocycles. The number of carbonyl (C=O) groups excluding carboxylic acids is 1. The number of benzene rings is 1. The van der Waals surface area contributed by atoms with Crippen molar-refractivity contribution < 1.29 is 9.53 Å². The van der Waals surface area contributed by atoms with Crippen molar-refractivity contribution in [2.75, 3.05) is 18.4 Å². The van der Waals surface area contributed by atoms with Crippen LogP contribution >= 0.6 is 11.3 Å². The molecule has 3 heterocycles. The summed E-state index contributed by atoms with van der Waals surface area (Å²) in [4.78, 5) is 19.1. The lowest BCUT2D eigenvalue weighted by Gasteiger charge is -2.28. The van der Waals surface area contributed by atoms with Gasteiger partial charge < -0.3 is 15.0 Å². The van der Waals surface area contributed by atoms with Gasteiger partial charge in [0.05, 0.1) is 17.1 Å². The van der Waals surface area contributed by atoms with Gasteiger partial charge in [-0.1, -0.05) is 6.07 Å². The molecule has 1 N–H and O–H groups in total. The first-order chi connectivity index (χ1) is 14.4. The molecule has 1 atom stereocenters. The van der Waals surface area contributed by atoms with Gasteiger partial charge in [-0.05, 0) is 63.6 Å². The maximum atomic E-state index is 12.5. The van der Waals surface area contributed by atoms with Crippen LogP contribution in [0, 0.1) is 11.3 Å². The van der Waals surface area contributed by atoms with Crippen LogP contribution in [-0.2, 0) is 4.74 Å². The number of nitrogens with one attached hydrogen (secondary N) is 1. The largest absolute Gasteiger partial charge is 0.444 e. The number of amides is 1. The van der Waals surface area contributed by atoms with Gasteiger partial charge in [0.25, 0.3) is 0 Å². The van der Waals surface area contributed by atoms with Gasteiger partial charge in [-0.25, -0.2) is 9.78 Å². The van der Waals surface area contributed by atoms with Crippen molar-refractivity contribution in [3.63, 3.8) is 0 Å². The SMILES string of the molecule is CC(C)(C)OC(=O)N1CCCC1CCNc1nc2cc(C#N)ccc2c2sccc12. The molecule has 30 heavy (non-hydrogen) atoms. The molecule has 0 radical (unpaired) electrons. The summed E-state index contributed by atoms with van der Waals surface area (Å²) in [6.07, 6.45) is 2.61. The molecule has 1 unspecified atom stereocenters. The van der Waals surface area contributed by atoms with E-state index in [1.807, 2.05) is 43.9 Å². The predicted octanol–water partition coefficient (Wildman–Crippen LogP) is 5.52. The Morgan fingerprint density at radius 2 is 2.20 bits per heavy atom. The van der Waals surface area contributed by atoms with E-state index >= 15 is 0 Å². The van der Waals surface area contributed by atoms with Crippen molar-refractivity contribution in [3.8, 4) is 6.07 Å². The number of hydrogen-bond donors (Lipinski definition) is 1. The number of nitrogens with zero attached hydrogens (tertiary/aromatic N) is 3. The highest BCUT2D eigenvalue weighted by Crippen LogP contribution is 2.34. The Morgan fingerprint density at radius 1 is 1.37 bits per heavy atom. The Labute approximate surface area is 180 Å². The number of rotatable bonds is 4. The number of fused-ring (bicyclic) bond motifs is 3. The molecule has 0 saturated carbocycles. The summed E-state index contributed by atoms with van der Waals surface area (Å²) in [6.45, 7) is 7.15. The van der Waals surface area contributed by atoms with Gasteiger partial charge >= 0.3 is 6.09 Å². The second-order valence-electron chi connectivity index (χ2n) is 8.65. The summed E-state index contributed by atoms with van der Waals surface area (Å²) >= 11 is 1.68. The van der Waals surface area contributed by atoms with E-state index < -0.39 is 5.60 Å². The summed E-state index contributed by atoms with van der Waals surface area (Å²) in [6, 6.07) is 10.1. The van der Waals surface area contributed by atoms with E-state index in [9.17, 15) is 10.1 Å². The highest BCUT2D eigenvalue weighted by molar-refractivity contribution is 7.18. The van der Waals surface area contributed by atoms with E-state index in [1.165, 1.54) is 4.70 Å². The molecule has 1 aromatic carbocycles. The van der Waals surface area contributed by atoms with Gasteiger partial charge in [0, 0.05) is 34.6 Å². The number of thiophene rings is 1. The second-order valence-corrected chi connectivity index (χ2v) is 9.57. The van der Waals surface area contributed by atoms with Gasteiger partial charge in [0.1, 0.15) is 11.4 Å². The fourth-order valence-electron chi connectivity index (χ4n) is 3.96. The zero-order chi connectivity index (χ0) is 21.3. The highest BCUT2D eigenvalue weighted by atomic mass is 32.1. The number of pyridine rings is 1. The molecule has 7 heteroatoms. The molecule has 156 valence electrons.